The Bertz CT molecular complexity index is 625. The third-order valence-electron chi connectivity index (χ3n) is 3.03. The number of benzene rings is 1. The van der Waals surface area contributed by atoms with Crippen molar-refractivity contribution in [1.82, 2.24) is 10.1 Å². The van der Waals surface area contributed by atoms with Gasteiger partial charge in [-0.1, -0.05) is 47.1 Å². The zero-order valence-corrected chi connectivity index (χ0v) is 13.8. The normalized spacial score (nSPS) is 12.4. The lowest BCUT2D eigenvalue weighted by Gasteiger charge is -2.14. The Hall–Kier alpha value is -1.69. The first-order valence-electron chi connectivity index (χ1n) is 6.79. The number of esters is 1. The molecular formula is C15H17BrN2O3. The maximum atomic E-state index is 12.0. The van der Waals surface area contributed by atoms with Crippen LogP contribution in [0.4, 0.5) is 0 Å². The molecule has 21 heavy (non-hydrogen) atoms. The van der Waals surface area contributed by atoms with Gasteiger partial charge in [-0.2, -0.15) is 4.98 Å². The molecule has 1 heterocycles. The molecule has 0 fully saturated rings. The summed E-state index contributed by atoms with van der Waals surface area (Å²) in [6.45, 7) is 5.94. The maximum Gasteiger partial charge on any atom is 0.318 e. The van der Waals surface area contributed by atoms with Gasteiger partial charge < -0.3 is 9.26 Å². The zero-order valence-electron chi connectivity index (χ0n) is 12.2. The highest BCUT2D eigenvalue weighted by Gasteiger charge is 2.31. The van der Waals surface area contributed by atoms with Crippen LogP contribution in [-0.4, -0.2) is 22.7 Å². The van der Waals surface area contributed by atoms with Crippen molar-refractivity contribution >= 4 is 21.9 Å². The van der Waals surface area contributed by atoms with Crippen LogP contribution in [0.5, 0.6) is 0 Å². The highest BCUT2D eigenvalue weighted by atomic mass is 79.9. The van der Waals surface area contributed by atoms with Gasteiger partial charge >= 0.3 is 5.97 Å². The number of rotatable bonds is 5. The zero-order chi connectivity index (χ0) is 15.4. The average molecular weight is 353 g/mol. The van der Waals surface area contributed by atoms with Crippen LogP contribution in [-0.2, 0) is 9.53 Å². The van der Waals surface area contributed by atoms with Crippen LogP contribution in [0.15, 0.2) is 33.3 Å². The van der Waals surface area contributed by atoms with E-state index in [1.807, 2.05) is 38.1 Å². The second kappa shape index (κ2) is 6.85. The molecule has 0 bridgehead atoms. The Balaban J connectivity index is 2.33. The second-order valence-corrected chi connectivity index (χ2v) is 5.76. The number of halogens is 1. The number of hydrogen-bond donors (Lipinski definition) is 0. The molecule has 0 aliphatic carbocycles. The van der Waals surface area contributed by atoms with Gasteiger partial charge in [0.1, 0.15) is 5.92 Å². The molecule has 0 N–H and O–H groups in total. The summed E-state index contributed by atoms with van der Waals surface area (Å²) >= 11 is 3.45. The first-order chi connectivity index (χ1) is 10.0. The van der Waals surface area contributed by atoms with E-state index in [0.717, 1.165) is 10.0 Å². The van der Waals surface area contributed by atoms with Crippen molar-refractivity contribution < 1.29 is 14.1 Å². The predicted octanol–water partition coefficient (Wildman–Crippen LogP) is 3.80. The van der Waals surface area contributed by atoms with Crippen LogP contribution in [0, 0.1) is 5.92 Å². The first kappa shape index (κ1) is 15.7. The third kappa shape index (κ3) is 3.50. The molecular weight excluding hydrogens is 336 g/mol. The Morgan fingerprint density at radius 2 is 2.10 bits per heavy atom. The Morgan fingerprint density at radius 3 is 2.71 bits per heavy atom. The van der Waals surface area contributed by atoms with Gasteiger partial charge in [0.15, 0.2) is 0 Å². The molecule has 0 saturated heterocycles. The summed E-state index contributed by atoms with van der Waals surface area (Å²) in [7, 11) is 0. The summed E-state index contributed by atoms with van der Waals surface area (Å²) in [5, 5.41) is 3.97. The first-order valence-corrected chi connectivity index (χ1v) is 7.59. The van der Waals surface area contributed by atoms with Gasteiger partial charge in [-0.3, -0.25) is 4.79 Å². The van der Waals surface area contributed by atoms with Crippen molar-refractivity contribution in [3.05, 3.63) is 34.6 Å². The van der Waals surface area contributed by atoms with Crippen molar-refractivity contribution in [3.63, 3.8) is 0 Å². The molecule has 1 unspecified atom stereocenters. The molecule has 1 aromatic carbocycles. The molecule has 0 saturated carbocycles. The standard InChI is InChI=1S/C15H17BrN2O3/c1-4-20-15(19)12(9(2)3)14-17-13(18-21-14)10-7-5-6-8-11(10)16/h5-9,12H,4H2,1-3H3. The van der Waals surface area contributed by atoms with Crippen LogP contribution in [0.3, 0.4) is 0 Å². The van der Waals surface area contributed by atoms with E-state index >= 15 is 0 Å². The summed E-state index contributed by atoms with van der Waals surface area (Å²) in [6, 6.07) is 7.58. The van der Waals surface area contributed by atoms with Gasteiger partial charge in [0, 0.05) is 10.0 Å². The van der Waals surface area contributed by atoms with Gasteiger partial charge in [0.25, 0.3) is 0 Å². The number of ether oxygens (including phenoxy) is 1. The van der Waals surface area contributed by atoms with Crippen LogP contribution in [0.1, 0.15) is 32.6 Å². The summed E-state index contributed by atoms with van der Waals surface area (Å²) in [5.41, 5.74) is 0.818. The third-order valence-corrected chi connectivity index (χ3v) is 3.72. The minimum absolute atomic E-state index is 0.0107. The number of carbonyl (C=O) groups is 1. The molecule has 5 nitrogen and oxygen atoms in total. The van der Waals surface area contributed by atoms with Crippen molar-refractivity contribution in [1.29, 1.82) is 0 Å². The molecule has 1 aromatic heterocycles. The number of aromatic nitrogens is 2. The molecule has 0 spiro atoms. The number of nitrogens with zero attached hydrogens (tertiary/aromatic N) is 2. The molecule has 112 valence electrons. The molecule has 6 heteroatoms. The monoisotopic (exact) mass is 352 g/mol. The van der Waals surface area contributed by atoms with Gasteiger partial charge in [-0.05, 0) is 25.0 Å². The van der Waals surface area contributed by atoms with E-state index in [1.54, 1.807) is 6.92 Å². The fourth-order valence-electron chi connectivity index (χ4n) is 2.00. The van der Waals surface area contributed by atoms with Crippen LogP contribution in [0.2, 0.25) is 0 Å². The molecule has 0 aliphatic heterocycles. The fourth-order valence-corrected chi connectivity index (χ4v) is 2.47. The van der Waals surface area contributed by atoms with E-state index in [4.69, 9.17) is 9.26 Å². The summed E-state index contributed by atoms with van der Waals surface area (Å²) in [6.07, 6.45) is 0. The smallest absolute Gasteiger partial charge is 0.318 e. The fraction of sp³-hybridized carbons (Fsp3) is 0.400. The molecule has 0 radical (unpaired) electrons. The lowest BCUT2D eigenvalue weighted by atomic mass is 9.96. The Labute approximate surface area is 131 Å². The van der Waals surface area contributed by atoms with E-state index in [2.05, 4.69) is 26.1 Å². The Kier molecular flexibility index (Phi) is 5.12. The van der Waals surface area contributed by atoms with Crippen molar-refractivity contribution in [2.75, 3.05) is 6.61 Å². The van der Waals surface area contributed by atoms with E-state index in [9.17, 15) is 4.79 Å². The number of hydrogen-bond acceptors (Lipinski definition) is 5. The highest BCUT2D eigenvalue weighted by molar-refractivity contribution is 9.10. The van der Waals surface area contributed by atoms with Crippen molar-refractivity contribution in [2.24, 2.45) is 5.92 Å². The molecule has 2 rings (SSSR count). The summed E-state index contributed by atoms with van der Waals surface area (Å²) in [5.74, 6) is -0.137. The lowest BCUT2D eigenvalue weighted by Crippen LogP contribution is -2.21. The molecule has 0 aliphatic rings. The van der Waals surface area contributed by atoms with Gasteiger partial charge in [0.2, 0.25) is 11.7 Å². The quantitative estimate of drug-likeness (QED) is 0.765. The van der Waals surface area contributed by atoms with Crippen molar-refractivity contribution in [2.45, 2.75) is 26.7 Å². The van der Waals surface area contributed by atoms with Gasteiger partial charge in [-0.25, -0.2) is 0 Å². The van der Waals surface area contributed by atoms with Crippen molar-refractivity contribution in [3.8, 4) is 11.4 Å². The lowest BCUT2D eigenvalue weighted by molar-refractivity contribution is -0.146. The van der Waals surface area contributed by atoms with Crippen LogP contribution < -0.4 is 0 Å². The largest absolute Gasteiger partial charge is 0.465 e. The van der Waals surface area contributed by atoms with Crippen LogP contribution in [0.25, 0.3) is 11.4 Å². The minimum atomic E-state index is -0.548. The second-order valence-electron chi connectivity index (χ2n) is 4.91. The van der Waals surface area contributed by atoms with Crippen LogP contribution >= 0.6 is 15.9 Å². The Morgan fingerprint density at radius 1 is 1.38 bits per heavy atom. The van der Waals surface area contributed by atoms with E-state index in [0.29, 0.717) is 12.4 Å². The van der Waals surface area contributed by atoms with E-state index in [-0.39, 0.29) is 17.8 Å². The van der Waals surface area contributed by atoms with Gasteiger partial charge in [-0.15, -0.1) is 0 Å². The predicted molar refractivity (Wildman–Crippen MR) is 81.6 cm³/mol. The molecule has 2 aromatic rings. The summed E-state index contributed by atoms with van der Waals surface area (Å²) in [4.78, 5) is 16.4. The topological polar surface area (TPSA) is 65.2 Å². The van der Waals surface area contributed by atoms with Gasteiger partial charge in [0.05, 0.1) is 6.61 Å². The highest BCUT2D eigenvalue weighted by Crippen LogP contribution is 2.29. The SMILES string of the molecule is CCOC(=O)C(c1nc(-c2ccccc2Br)no1)C(C)C. The minimum Gasteiger partial charge on any atom is -0.465 e. The van der Waals surface area contributed by atoms with E-state index in [1.165, 1.54) is 0 Å². The summed E-state index contributed by atoms with van der Waals surface area (Å²) < 4.78 is 11.2. The van der Waals surface area contributed by atoms with E-state index < -0.39 is 5.92 Å². The number of carbonyl (C=O) groups excluding carboxylic acids is 1. The molecule has 1 atom stereocenters. The molecule has 0 amide bonds. The average Bonchev–Trinajstić information content (AvgIpc) is 2.88. The maximum absolute atomic E-state index is 12.0.